The number of ketones is 1. The summed E-state index contributed by atoms with van der Waals surface area (Å²) < 4.78 is 5.36. The van der Waals surface area contributed by atoms with Gasteiger partial charge in [-0.05, 0) is 73.0 Å². The fraction of sp³-hybridized carbons (Fsp3) is 0.250. The predicted molar refractivity (Wildman–Crippen MR) is 96.6 cm³/mol. The first-order valence-corrected chi connectivity index (χ1v) is 7.57. The van der Waals surface area contributed by atoms with Gasteiger partial charge in [0.1, 0.15) is 5.75 Å². The number of carbonyl (C=O) groups excluding carboxylic acids is 1. The SMILES string of the molecule is COc1c(C)cc(/C=C/C(=O)c2ccc(N(C)C)cc2)cc1C. The second kappa shape index (κ2) is 7.14. The summed E-state index contributed by atoms with van der Waals surface area (Å²) in [5.41, 5.74) is 4.89. The Bertz CT molecular complexity index is 705. The van der Waals surface area contributed by atoms with Gasteiger partial charge < -0.3 is 9.64 Å². The average molecular weight is 309 g/mol. The number of nitrogens with zero attached hydrogens (tertiary/aromatic N) is 1. The third kappa shape index (κ3) is 4.01. The van der Waals surface area contributed by atoms with Crippen LogP contribution in [0.25, 0.3) is 6.08 Å². The maximum atomic E-state index is 12.3. The van der Waals surface area contributed by atoms with Crippen LogP contribution in [0.1, 0.15) is 27.0 Å². The number of ether oxygens (including phenoxy) is 1. The smallest absolute Gasteiger partial charge is 0.185 e. The van der Waals surface area contributed by atoms with Gasteiger partial charge in [-0.3, -0.25) is 4.79 Å². The van der Waals surface area contributed by atoms with E-state index in [2.05, 4.69) is 0 Å². The molecule has 3 heteroatoms. The van der Waals surface area contributed by atoms with Crippen molar-refractivity contribution in [2.24, 2.45) is 0 Å². The molecule has 0 heterocycles. The fourth-order valence-corrected chi connectivity index (χ4v) is 2.59. The molecule has 0 aromatic heterocycles. The second-order valence-corrected chi connectivity index (χ2v) is 5.83. The maximum Gasteiger partial charge on any atom is 0.185 e. The first kappa shape index (κ1) is 16.8. The molecular weight excluding hydrogens is 286 g/mol. The molecule has 0 amide bonds. The monoisotopic (exact) mass is 309 g/mol. The van der Waals surface area contributed by atoms with E-state index in [0.29, 0.717) is 5.56 Å². The summed E-state index contributed by atoms with van der Waals surface area (Å²) in [4.78, 5) is 14.3. The maximum absolute atomic E-state index is 12.3. The molecule has 3 nitrogen and oxygen atoms in total. The molecule has 0 aliphatic rings. The van der Waals surface area contributed by atoms with E-state index in [1.807, 2.05) is 75.3 Å². The van der Waals surface area contributed by atoms with Crippen molar-refractivity contribution in [2.75, 3.05) is 26.1 Å². The Kier molecular flexibility index (Phi) is 5.22. The summed E-state index contributed by atoms with van der Waals surface area (Å²) in [5, 5.41) is 0. The molecule has 2 aromatic carbocycles. The predicted octanol–water partition coefficient (Wildman–Crippen LogP) is 4.27. The van der Waals surface area contributed by atoms with Crippen LogP contribution in [0.15, 0.2) is 42.5 Å². The number of anilines is 1. The van der Waals surface area contributed by atoms with E-state index >= 15 is 0 Å². The minimum Gasteiger partial charge on any atom is -0.496 e. The molecule has 0 aliphatic heterocycles. The lowest BCUT2D eigenvalue weighted by Gasteiger charge is -2.12. The van der Waals surface area contributed by atoms with Gasteiger partial charge in [0, 0.05) is 25.3 Å². The molecule has 2 aromatic rings. The van der Waals surface area contributed by atoms with E-state index in [0.717, 1.165) is 28.1 Å². The Morgan fingerprint density at radius 3 is 2.09 bits per heavy atom. The average Bonchev–Trinajstić information content (AvgIpc) is 2.52. The van der Waals surface area contributed by atoms with E-state index in [1.54, 1.807) is 13.2 Å². The highest BCUT2D eigenvalue weighted by Crippen LogP contribution is 2.25. The topological polar surface area (TPSA) is 29.5 Å². The molecule has 0 bridgehead atoms. The Balaban J connectivity index is 2.18. The lowest BCUT2D eigenvalue weighted by atomic mass is 10.0. The molecule has 0 atom stereocenters. The lowest BCUT2D eigenvalue weighted by molar-refractivity contribution is 0.104. The molecule has 0 unspecified atom stereocenters. The van der Waals surface area contributed by atoms with Crippen molar-refractivity contribution in [3.05, 3.63) is 64.7 Å². The van der Waals surface area contributed by atoms with Crippen molar-refractivity contribution in [2.45, 2.75) is 13.8 Å². The van der Waals surface area contributed by atoms with E-state index in [4.69, 9.17) is 4.74 Å². The Morgan fingerprint density at radius 2 is 1.61 bits per heavy atom. The molecular formula is C20H23NO2. The van der Waals surface area contributed by atoms with Crippen molar-refractivity contribution in [3.8, 4) is 5.75 Å². The third-order valence-corrected chi connectivity index (χ3v) is 3.78. The highest BCUT2D eigenvalue weighted by Gasteiger charge is 2.05. The molecule has 0 saturated carbocycles. The van der Waals surface area contributed by atoms with E-state index < -0.39 is 0 Å². The van der Waals surface area contributed by atoms with Gasteiger partial charge in [0.05, 0.1) is 7.11 Å². The number of methoxy groups -OCH3 is 1. The van der Waals surface area contributed by atoms with Crippen LogP contribution in [0, 0.1) is 13.8 Å². The van der Waals surface area contributed by atoms with E-state index in [-0.39, 0.29) is 5.78 Å². The number of carbonyl (C=O) groups is 1. The zero-order valence-corrected chi connectivity index (χ0v) is 14.4. The van der Waals surface area contributed by atoms with Gasteiger partial charge in [-0.1, -0.05) is 6.08 Å². The molecule has 0 saturated heterocycles. The fourth-order valence-electron chi connectivity index (χ4n) is 2.59. The van der Waals surface area contributed by atoms with E-state index in [1.165, 1.54) is 0 Å². The Labute approximate surface area is 138 Å². The number of benzene rings is 2. The highest BCUT2D eigenvalue weighted by atomic mass is 16.5. The van der Waals surface area contributed by atoms with Crippen molar-refractivity contribution < 1.29 is 9.53 Å². The Hall–Kier alpha value is -2.55. The van der Waals surface area contributed by atoms with Gasteiger partial charge >= 0.3 is 0 Å². The number of aryl methyl sites for hydroxylation is 2. The number of hydrogen-bond acceptors (Lipinski definition) is 3. The largest absolute Gasteiger partial charge is 0.496 e. The number of hydrogen-bond donors (Lipinski definition) is 0. The zero-order valence-electron chi connectivity index (χ0n) is 14.4. The minimum absolute atomic E-state index is 0.00132. The van der Waals surface area contributed by atoms with Gasteiger partial charge in [0.15, 0.2) is 5.78 Å². The van der Waals surface area contributed by atoms with Crippen molar-refractivity contribution in [3.63, 3.8) is 0 Å². The summed E-state index contributed by atoms with van der Waals surface area (Å²) >= 11 is 0. The van der Waals surface area contributed by atoms with Crippen LogP contribution in [0.3, 0.4) is 0 Å². The first-order chi connectivity index (χ1) is 10.9. The van der Waals surface area contributed by atoms with Crippen LogP contribution in [0.5, 0.6) is 5.75 Å². The molecule has 0 fully saturated rings. The summed E-state index contributed by atoms with van der Waals surface area (Å²) in [6.45, 7) is 4.01. The quantitative estimate of drug-likeness (QED) is 0.610. The van der Waals surface area contributed by atoms with Crippen molar-refractivity contribution in [1.29, 1.82) is 0 Å². The summed E-state index contributed by atoms with van der Waals surface area (Å²) in [6.07, 6.45) is 3.47. The van der Waals surface area contributed by atoms with Crippen molar-refractivity contribution >= 4 is 17.5 Å². The van der Waals surface area contributed by atoms with Crippen LogP contribution in [-0.2, 0) is 0 Å². The van der Waals surface area contributed by atoms with Crippen LogP contribution in [0.4, 0.5) is 5.69 Å². The van der Waals surface area contributed by atoms with Crippen LogP contribution < -0.4 is 9.64 Å². The van der Waals surface area contributed by atoms with Crippen LogP contribution >= 0.6 is 0 Å². The van der Waals surface area contributed by atoms with Crippen molar-refractivity contribution in [1.82, 2.24) is 0 Å². The van der Waals surface area contributed by atoms with Gasteiger partial charge in [0.25, 0.3) is 0 Å². The minimum atomic E-state index is 0.00132. The van der Waals surface area contributed by atoms with Crippen LogP contribution in [-0.4, -0.2) is 27.0 Å². The van der Waals surface area contributed by atoms with Gasteiger partial charge in [-0.2, -0.15) is 0 Å². The first-order valence-electron chi connectivity index (χ1n) is 7.57. The molecule has 0 radical (unpaired) electrons. The third-order valence-electron chi connectivity index (χ3n) is 3.78. The molecule has 23 heavy (non-hydrogen) atoms. The number of allylic oxidation sites excluding steroid dienone is 1. The Morgan fingerprint density at radius 1 is 1.04 bits per heavy atom. The van der Waals surface area contributed by atoms with Crippen LogP contribution in [0.2, 0.25) is 0 Å². The highest BCUT2D eigenvalue weighted by molar-refractivity contribution is 6.07. The summed E-state index contributed by atoms with van der Waals surface area (Å²) in [7, 11) is 5.63. The number of rotatable bonds is 5. The molecule has 0 N–H and O–H groups in total. The summed E-state index contributed by atoms with van der Waals surface area (Å²) in [5.74, 6) is 0.897. The second-order valence-electron chi connectivity index (χ2n) is 5.83. The van der Waals surface area contributed by atoms with Gasteiger partial charge in [0.2, 0.25) is 0 Å². The summed E-state index contributed by atoms with van der Waals surface area (Å²) in [6, 6.07) is 11.6. The normalized spacial score (nSPS) is 10.8. The zero-order chi connectivity index (χ0) is 17.0. The van der Waals surface area contributed by atoms with Gasteiger partial charge in [-0.25, -0.2) is 0 Å². The van der Waals surface area contributed by atoms with E-state index in [9.17, 15) is 4.79 Å². The molecule has 2 rings (SSSR count). The standard InChI is InChI=1S/C20H23NO2/c1-14-12-16(13-15(2)20(14)23-5)6-11-19(22)17-7-9-18(10-8-17)21(3)4/h6-13H,1-5H3/b11-6+. The molecule has 0 aliphatic carbocycles. The van der Waals surface area contributed by atoms with Gasteiger partial charge in [-0.15, -0.1) is 0 Å². The molecule has 120 valence electrons. The lowest BCUT2D eigenvalue weighted by Crippen LogP contribution is -2.08. The molecule has 0 spiro atoms.